The molecule has 1 amide bonds. The van der Waals surface area contributed by atoms with Crippen molar-refractivity contribution in [3.63, 3.8) is 0 Å². The van der Waals surface area contributed by atoms with Crippen LogP contribution in [0.4, 0.5) is 13.2 Å². The van der Waals surface area contributed by atoms with Crippen molar-refractivity contribution >= 4 is 39.6 Å². The van der Waals surface area contributed by atoms with E-state index in [9.17, 15) is 22.8 Å². The van der Waals surface area contributed by atoms with E-state index >= 15 is 0 Å². The van der Waals surface area contributed by atoms with E-state index in [1.54, 1.807) is 0 Å². The Bertz CT molecular complexity index is 730. The summed E-state index contributed by atoms with van der Waals surface area (Å²) < 4.78 is 42.2. The normalized spacial score (nSPS) is 24.6. The summed E-state index contributed by atoms with van der Waals surface area (Å²) in [5.74, 6) is 2.18. The van der Waals surface area contributed by atoms with Crippen molar-refractivity contribution in [3.8, 4) is 11.8 Å². The second kappa shape index (κ2) is 7.68. The third-order valence-corrected chi connectivity index (χ3v) is 4.82. The summed E-state index contributed by atoms with van der Waals surface area (Å²) in [5, 5.41) is 12.0. The van der Waals surface area contributed by atoms with E-state index in [-0.39, 0.29) is 11.3 Å². The fourth-order valence-corrected chi connectivity index (χ4v) is 3.08. The first kappa shape index (κ1) is 19.6. The monoisotopic (exact) mass is 436 g/mol. The molecule has 0 radical (unpaired) electrons. The van der Waals surface area contributed by atoms with Gasteiger partial charge in [0.2, 0.25) is 11.4 Å². The van der Waals surface area contributed by atoms with Gasteiger partial charge in [-0.1, -0.05) is 39.9 Å². The fraction of sp³-hybridized carbons (Fsp3) is 0.333. The van der Waals surface area contributed by atoms with E-state index in [1.807, 2.05) is 0 Å². The van der Waals surface area contributed by atoms with Crippen LogP contribution in [0.15, 0.2) is 28.7 Å². The number of amides is 1. The predicted molar refractivity (Wildman–Crippen MR) is 89.7 cm³/mol. The number of aliphatic carboxylic acids is 1. The molecule has 0 aromatic heterocycles. The maximum Gasteiger partial charge on any atom is 0.422 e. The molecule has 25 heavy (non-hydrogen) atoms. The number of hydrogen-bond acceptors (Lipinski definition) is 4. The number of hydrogen-bond donors (Lipinski definition) is 3. The lowest BCUT2D eigenvalue weighted by Gasteiger charge is -2.33. The SMILES string of the molecule is O=C1CN[C@@](c2ccc(Br)cc2)(C(F)(F)F)C#CCSC(C(=O)O)N1. The number of halogens is 4. The molecule has 1 heterocycles. The third kappa shape index (κ3) is 4.48. The summed E-state index contributed by atoms with van der Waals surface area (Å²) in [6.45, 7) is -0.741. The van der Waals surface area contributed by atoms with Gasteiger partial charge < -0.3 is 10.4 Å². The minimum atomic E-state index is -4.80. The molecule has 1 aromatic carbocycles. The Labute approximate surface area is 153 Å². The summed E-state index contributed by atoms with van der Waals surface area (Å²) in [5.41, 5.74) is -2.90. The van der Waals surface area contributed by atoms with Gasteiger partial charge in [-0.15, -0.1) is 11.8 Å². The number of rotatable bonds is 2. The van der Waals surface area contributed by atoms with Crippen LogP contribution in [0.3, 0.4) is 0 Å². The summed E-state index contributed by atoms with van der Waals surface area (Å²) >= 11 is 3.89. The van der Waals surface area contributed by atoms with Gasteiger partial charge in [0.05, 0.1) is 12.3 Å². The van der Waals surface area contributed by atoms with Crippen LogP contribution in [0.2, 0.25) is 0 Å². The molecule has 0 spiro atoms. The molecular weight excluding hydrogens is 425 g/mol. The standard InChI is InChI=1S/C15H12BrF3N2O3S/c16-10-4-2-9(3-5-10)14(15(17,18)19)6-1-7-25-12(13(23)24)21-11(22)8-20-14/h2-5,12,20H,7-8H2,(H,21,22)(H,23,24)/t12?,14-/m0/s1. The molecule has 3 N–H and O–H groups in total. The van der Waals surface area contributed by atoms with E-state index in [0.717, 1.165) is 11.8 Å². The topological polar surface area (TPSA) is 78.4 Å². The number of nitrogens with one attached hydrogen (secondary N) is 2. The zero-order valence-electron chi connectivity index (χ0n) is 12.5. The molecule has 1 aliphatic heterocycles. The molecule has 0 saturated heterocycles. The minimum Gasteiger partial charge on any atom is -0.479 e. The lowest BCUT2D eigenvalue weighted by molar-refractivity contribution is -0.182. The maximum atomic E-state index is 13.9. The zero-order valence-corrected chi connectivity index (χ0v) is 14.9. The Morgan fingerprint density at radius 2 is 2.00 bits per heavy atom. The Morgan fingerprint density at radius 1 is 1.36 bits per heavy atom. The third-order valence-electron chi connectivity index (χ3n) is 3.33. The number of carbonyl (C=O) groups is 2. The van der Waals surface area contributed by atoms with Crippen molar-refractivity contribution in [1.29, 1.82) is 0 Å². The van der Waals surface area contributed by atoms with Crippen molar-refractivity contribution in [2.24, 2.45) is 0 Å². The molecular formula is C15H12BrF3N2O3S. The van der Waals surface area contributed by atoms with Crippen molar-refractivity contribution in [2.75, 3.05) is 12.3 Å². The van der Waals surface area contributed by atoms with Gasteiger partial charge in [0, 0.05) is 4.47 Å². The molecule has 2 rings (SSSR count). The van der Waals surface area contributed by atoms with Crippen molar-refractivity contribution < 1.29 is 27.9 Å². The van der Waals surface area contributed by atoms with E-state index in [4.69, 9.17) is 5.11 Å². The number of carbonyl (C=O) groups excluding carboxylic acids is 1. The highest BCUT2D eigenvalue weighted by molar-refractivity contribution is 9.10. The molecule has 5 nitrogen and oxygen atoms in total. The first-order valence-electron chi connectivity index (χ1n) is 6.87. The lowest BCUT2D eigenvalue weighted by atomic mass is 9.89. The van der Waals surface area contributed by atoms with Gasteiger partial charge in [-0.2, -0.15) is 13.2 Å². The molecule has 10 heteroatoms. The van der Waals surface area contributed by atoms with Crippen molar-refractivity contribution in [1.82, 2.24) is 10.6 Å². The Kier molecular flexibility index (Phi) is 6.03. The minimum absolute atomic E-state index is 0.163. The van der Waals surface area contributed by atoms with Crippen LogP contribution >= 0.6 is 27.7 Å². The molecule has 0 saturated carbocycles. The molecule has 0 fully saturated rings. The predicted octanol–water partition coefficient (Wildman–Crippen LogP) is 2.07. The summed E-state index contributed by atoms with van der Waals surface area (Å²) in [4.78, 5) is 22.9. The largest absolute Gasteiger partial charge is 0.479 e. The highest BCUT2D eigenvalue weighted by Gasteiger charge is 2.55. The number of alkyl halides is 3. The van der Waals surface area contributed by atoms with Crippen LogP contribution in [0, 0.1) is 11.8 Å². The molecule has 134 valence electrons. The van der Waals surface area contributed by atoms with Gasteiger partial charge in [0.15, 0.2) is 5.37 Å². The van der Waals surface area contributed by atoms with E-state index in [1.165, 1.54) is 24.3 Å². The number of carboxylic acid groups (broad SMARTS) is 1. The molecule has 1 unspecified atom stereocenters. The van der Waals surface area contributed by atoms with Gasteiger partial charge in [0.25, 0.3) is 0 Å². The molecule has 0 aliphatic carbocycles. The molecule has 1 aromatic rings. The maximum absolute atomic E-state index is 13.9. The molecule has 0 bridgehead atoms. The molecule has 1 aliphatic rings. The summed E-state index contributed by atoms with van der Waals surface area (Å²) in [6.07, 6.45) is -4.80. The van der Waals surface area contributed by atoms with E-state index in [0.29, 0.717) is 4.47 Å². The van der Waals surface area contributed by atoms with Gasteiger partial charge in [0.1, 0.15) is 0 Å². The van der Waals surface area contributed by atoms with Gasteiger partial charge in [-0.3, -0.25) is 10.1 Å². The number of carboxylic acids is 1. The fourth-order valence-electron chi connectivity index (χ4n) is 2.13. The first-order chi connectivity index (χ1) is 11.7. The van der Waals surface area contributed by atoms with Gasteiger partial charge in [-0.05, 0) is 17.7 Å². The molecule has 2 atom stereocenters. The average molecular weight is 437 g/mol. The second-order valence-electron chi connectivity index (χ2n) is 5.01. The zero-order chi connectivity index (χ0) is 18.7. The van der Waals surface area contributed by atoms with E-state index < -0.39 is 35.5 Å². The average Bonchev–Trinajstić information content (AvgIpc) is 2.53. The number of benzene rings is 1. The Balaban J connectivity index is 2.48. The van der Waals surface area contributed by atoms with Gasteiger partial charge >= 0.3 is 12.1 Å². The Hall–Kier alpha value is -1.70. The van der Waals surface area contributed by atoms with Crippen LogP contribution in [0.5, 0.6) is 0 Å². The van der Waals surface area contributed by atoms with Crippen molar-refractivity contribution in [2.45, 2.75) is 17.1 Å². The Morgan fingerprint density at radius 3 is 2.56 bits per heavy atom. The number of thioether (sulfide) groups is 1. The smallest absolute Gasteiger partial charge is 0.422 e. The van der Waals surface area contributed by atoms with Crippen LogP contribution in [-0.2, 0) is 15.1 Å². The summed E-state index contributed by atoms with van der Waals surface area (Å²) in [7, 11) is 0. The first-order valence-corrected chi connectivity index (χ1v) is 8.71. The van der Waals surface area contributed by atoms with Crippen LogP contribution in [0.1, 0.15) is 5.56 Å². The van der Waals surface area contributed by atoms with Crippen LogP contribution in [0.25, 0.3) is 0 Å². The highest BCUT2D eigenvalue weighted by atomic mass is 79.9. The second-order valence-corrected chi connectivity index (χ2v) is 7.02. The highest BCUT2D eigenvalue weighted by Crippen LogP contribution is 2.39. The van der Waals surface area contributed by atoms with Crippen molar-refractivity contribution in [3.05, 3.63) is 34.3 Å². The van der Waals surface area contributed by atoms with E-state index in [2.05, 4.69) is 38.4 Å². The summed E-state index contributed by atoms with van der Waals surface area (Å²) in [6, 6.07) is 5.41. The van der Waals surface area contributed by atoms with Crippen LogP contribution in [-0.4, -0.2) is 40.8 Å². The quantitative estimate of drug-likeness (QED) is 0.618. The lowest BCUT2D eigenvalue weighted by Crippen LogP contribution is -2.56. The van der Waals surface area contributed by atoms with Crippen LogP contribution < -0.4 is 10.6 Å². The van der Waals surface area contributed by atoms with Gasteiger partial charge in [-0.25, -0.2) is 4.79 Å².